The standard InChI is InChI=1S/C26H23N5O3S/c1-17-4-3-5-22(10-17)34-23-7-6-18(11-20(23)13-27)8-9-35-26-30-16-21(24(32)31-26)12-19-14-28-25(33-2)29-15-19/h3-7,10-11,14-16H,8-9,12H2,1-2H3,(H,30,31,32). The van der Waals surface area contributed by atoms with Crippen LogP contribution in [0.2, 0.25) is 0 Å². The van der Waals surface area contributed by atoms with Gasteiger partial charge in [0.15, 0.2) is 5.16 Å². The Morgan fingerprint density at radius 2 is 1.89 bits per heavy atom. The molecule has 0 amide bonds. The molecule has 0 atom stereocenters. The quantitative estimate of drug-likeness (QED) is 0.273. The molecule has 8 nitrogen and oxygen atoms in total. The van der Waals surface area contributed by atoms with Crippen LogP contribution in [-0.2, 0) is 12.8 Å². The number of nitrogens with zero attached hydrogens (tertiary/aromatic N) is 4. The van der Waals surface area contributed by atoms with Crippen molar-refractivity contribution in [2.24, 2.45) is 0 Å². The molecule has 2 aromatic heterocycles. The molecular formula is C26H23N5O3S. The van der Waals surface area contributed by atoms with E-state index in [1.807, 2.05) is 49.4 Å². The summed E-state index contributed by atoms with van der Waals surface area (Å²) in [6, 6.07) is 15.8. The lowest BCUT2D eigenvalue weighted by atomic mass is 10.1. The third-order valence-electron chi connectivity index (χ3n) is 5.12. The molecule has 0 bridgehead atoms. The third-order valence-corrected chi connectivity index (χ3v) is 6.01. The fraction of sp³-hybridized carbons (Fsp3) is 0.192. The molecule has 0 saturated carbocycles. The molecule has 0 fully saturated rings. The van der Waals surface area contributed by atoms with E-state index in [1.54, 1.807) is 18.6 Å². The molecular weight excluding hydrogens is 462 g/mol. The molecule has 0 saturated heterocycles. The number of methoxy groups -OCH3 is 1. The van der Waals surface area contributed by atoms with E-state index in [0.29, 0.717) is 46.4 Å². The zero-order valence-corrected chi connectivity index (χ0v) is 20.1. The smallest absolute Gasteiger partial charge is 0.316 e. The van der Waals surface area contributed by atoms with Gasteiger partial charge in [-0.15, -0.1) is 0 Å². The van der Waals surface area contributed by atoms with Crippen LogP contribution in [0.5, 0.6) is 17.5 Å². The first kappa shape index (κ1) is 24.0. The molecule has 0 aliphatic heterocycles. The van der Waals surface area contributed by atoms with Crippen LogP contribution >= 0.6 is 11.8 Å². The molecule has 4 rings (SSSR count). The first-order valence-electron chi connectivity index (χ1n) is 10.9. The fourth-order valence-electron chi connectivity index (χ4n) is 3.34. The van der Waals surface area contributed by atoms with Crippen molar-refractivity contribution in [1.29, 1.82) is 5.26 Å². The lowest BCUT2D eigenvalue weighted by Gasteiger charge is -2.10. The predicted octanol–water partition coefficient (Wildman–Crippen LogP) is 4.47. The van der Waals surface area contributed by atoms with Gasteiger partial charge in [-0.2, -0.15) is 5.26 Å². The Hall–Kier alpha value is -4.16. The number of hydrogen-bond acceptors (Lipinski definition) is 8. The molecule has 0 radical (unpaired) electrons. The summed E-state index contributed by atoms with van der Waals surface area (Å²) in [5.41, 5.74) is 3.70. The van der Waals surface area contributed by atoms with Gasteiger partial charge in [0.05, 0.1) is 12.7 Å². The van der Waals surface area contributed by atoms with Gasteiger partial charge in [-0.25, -0.2) is 15.0 Å². The van der Waals surface area contributed by atoms with Gasteiger partial charge < -0.3 is 14.5 Å². The number of aromatic amines is 1. The second-order valence-electron chi connectivity index (χ2n) is 7.76. The van der Waals surface area contributed by atoms with Crippen molar-refractivity contribution >= 4 is 11.8 Å². The number of benzene rings is 2. The van der Waals surface area contributed by atoms with Crippen molar-refractivity contribution in [3.63, 3.8) is 0 Å². The predicted molar refractivity (Wildman–Crippen MR) is 133 cm³/mol. The summed E-state index contributed by atoms with van der Waals surface area (Å²) in [5, 5.41) is 10.1. The van der Waals surface area contributed by atoms with Crippen molar-refractivity contribution in [3.8, 4) is 23.6 Å². The van der Waals surface area contributed by atoms with Crippen molar-refractivity contribution in [2.45, 2.75) is 24.9 Å². The van der Waals surface area contributed by atoms with Crippen LogP contribution in [0.15, 0.2) is 71.0 Å². The summed E-state index contributed by atoms with van der Waals surface area (Å²) in [6.07, 6.45) is 5.92. The SMILES string of the molecule is COc1ncc(Cc2cnc(SCCc3ccc(Oc4cccc(C)c4)c(C#N)c3)[nH]c2=O)cn1. The monoisotopic (exact) mass is 485 g/mol. The Balaban J connectivity index is 1.34. The van der Waals surface area contributed by atoms with E-state index < -0.39 is 0 Å². The molecule has 9 heteroatoms. The van der Waals surface area contributed by atoms with Crippen molar-refractivity contribution < 1.29 is 9.47 Å². The first-order chi connectivity index (χ1) is 17.0. The summed E-state index contributed by atoms with van der Waals surface area (Å²) in [4.78, 5) is 27.8. The lowest BCUT2D eigenvalue weighted by molar-refractivity contribution is 0.379. The molecule has 0 spiro atoms. The Kier molecular flexibility index (Phi) is 7.75. The highest BCUT2D eigenvalue weighted by molar-refractivity contribution is 7.99. The Labute approximate surface area is 207 Å². The average Bonchev–Trinajstić information content (AvgIpc) is 2.87. The van der Waals surface area contributed by atoms with Gasteiger partial charge in [0.2, 0.25) is 0 Å². The van der Waals surface area contributed by atoms with Crippen LogP contribution in [0, 0.1) is 18.3 Å². The Bertz CT molecular complexity index is 1410. The number of ether oxygens (including phenoxy) is 2. The minimum Gasteiger partial charge on any atom is -0.467 e. The number of hydrogen-bond donors (Lipinski definition) is 1. The molecule has 0 unspecified atom stereocenters. The van der Waals surface area contributed by atoms with E-state index in [1.165, 1.54) is 18.9 Å². The highest BCUT2D eigenvalue weighted by Crippen LogP contribution is 2.27. The van der Waals surface area contributed by atoms with Gasteiger partial charge in [0.1, 0.15) is 17.6 Å². The second-order valence-corrected chi connectivity index (χ2v) is 8.84. The fourth-order valence-corrected chi connectivity index (χ4v) is 4.17. The second kappa shape index (κ2) is 11.3. The van der Waals surface area contributed by atoms with E-state index in [4.69, 9.17) is 9.47 Å². The number of nitriles is 1. The highest BCUT2D eigenvalue weighted by Gasteiger charge is 2.09. The van der Waals surface area contributed by atoms with E-state index >= 15 is 0 Å². The molecule has 176 valence electrons. The molecule has 35 heavy (non-hydrogen) atoms. The molecule has 1 N–H and O–H groups in total. The van der Waals surface area contributed by atoms with Crippen LogP contribution < -0.4 is 15.0 Å². The molecule has 2 heterocycles. The minimum absolute atomic E-state index is 0.192. The largest absolute Gasteiger partial charge is 0.467 e. The summed E-state index contributed by atoms with van der Waals surface area (Å²) >= 11 is 1.45. The number of rotatable bonds is 9. The number of aromatic nitrogens is 4. The Morgan fingerprint density at radius 3 is 2.60 bits per heavy atom. The van der Waals surface area contributed by atoms with Gasteiger partial charge in [0.25, 0.3) is 5.56 Å². The minimum atomic E-state index is -0.192. The zero-order valence-electron chi connectivity index (χ0n) is 19.3. The van der Waals surface area contributed by atoms with Gasteiger partial charge in [-0.3, -0.25) is 4.79 Å². The first-order valence-corrected chi connectivity index (χ1v) is 11.9. The molecule has 0 aliphatic rings. The van der Waals surface area contributed by atoms with E-state index in [0.717, 1.165) is 16.7 Å². The van der Waals surface area contributed by atoms with Crippen molar-refractivity contribution in [3.05, 3.63) is 99.2 Å². The number of nitrogens with one attached hydrogen (secondary N) is 1. The third kappa shape index (κ3) is 6.46. The molecule has 4 aromatic rings. The van der Waals surface area contributed by atoms with Crippen LogP contribution in [0.4, 0.5) is 0 Å². The van der Waals surface area contributed by atoms with Gasteiger partial charge in [0, 0.05) is 36.3 Å². The van der Waals surface area contributed by atoms with Gasteiger partial charge >= 0.3 is 6.01 Å². The highest BCUT2D eigenvalue weighted by atomic mass is 32.2. The van der Waals surface area contributed by atoms with Crippen LogP contribution in [-0.4, -0.2) is 32.8 Å². The normalized spacial score (nSPS) is 10.5. The topological polar surface area (TPSA) is 114 Å². The maximum atomic E-state index is 12.5. The summed E-state index contributed by atoms with van der Waals surface area (Å²) < 4.78 is 10.8. The number of aryl methyl sites for hydroxylation is 2. The van der Waals surface area contributed by atoms with Crippen LogP contribution in [0.25, 0.3) is 0 Å². The maximum absolute atomic E-state index is 12.5. The lowest BCUT2D eigenvalue weighted by Crippen LogP contribution is -2.15. The van der Waals surface area contributed by atoms with Crippen LogP contribution in [0.1, 0.15) is 27.8 Å². The van der Waals surface area contributed by atoms with Crippen molar-refractivity contribution in [2.75, 3.05) is 12.9 Å². The molecule has 2 aromatic carbocycles. The van der Waals surface area contributed by atoms with Gasteiger partial charge in [-0.1, -0.05) is 30.0 Å². The Morgan fingerprint density at radius 1 is 1.06 bits per heavy atom. The number of thioether (sulfide) groups is 1. The molecule has 0 aliphatic carbocycles. The summed E-state index contributed by atoms with van der Waals surface area (Å²) in [5.74, 6) is 1.92. The van der Waals surface area contributed by atoms with Gasteiger partial charge in [-0.05, 0) is 54.3 Å². The maximum Gasteiger partial charge on any atom is 0.316 e. The van der Waals surface area contributed by atoms with E-state index in [-0.39, 0.29) is 11.6 Å². The number of H-pyrrole nitrogens is 1. The summed E-state index contributed by atoms with van der Waals surface area (Å²) in [7, 11) is 1.50. The van der Waals surface area contributed by atoms with Crippen LogP contribution in [0.3, 0.4) is 0 Å². The summed E-state index contributed by atoms with van der Waals surface area (Å²) in [6.45, 7) is 1.99. The van der Waals surface area contributed by atoms with E-state index in [2.05, 4.69) is 26.0 Å². The van der Waals surface area contributed by atoms with E-state index in [9.17, 15) is 10.1 Å². The average molecular weight is 486 g/mol. The zero-order chi connectivity index (χ0) is 24.6. The van der Waals surface area contributed by atoms with Crippen molar-refractivity contribution in [1.82, 2.24) is 19.9 Å².